The van der Waals surface area contributed by atoms with Crippen LogP contribution < -0.4 is 0 Å². The highest BCUT2D eigenvalue weighted by Gasteiger charge is 2.37. The van der Waals surface area contributed by atoms with Crippen molar-refractivity contribution in [2.45, 2.75) is 12.5 Å². The number of hydrogen-bond acceptors (Lipinski definition) is 2. The quantitative estimate of drug-likeness (QED) is 0.616. The summed E-state index contributed by atoms with van der Waals surface area (Å²) in [4.78, 5) is 19.3. The Kier molecular flexibility index (Phi) is 4.90. The van der Waals surface area contributed by atoms with E-state index >= 15 is 0 Å². The van der Waals surface area contributed by atoms with E-state index in [1.165, 1.54) is 0 Å². The monoisotopic (exact) mass is 370 g/mol. The Morgan fingerprint density at radius 2 is 1.26 bits per heavy atom. The summed E-state index contributed by atoms with van der Waals surface area (Å²) in [6.07, 6.45) is 0.479. The van der Waals surface area contributed by atoms with Gasteiger partial charge in [0.15, 0.2) is 0 Å². The molecular weight excluding hydrogens is 352 g/mol. The van der Waals surface area contributed by atoms with Crippen LogP contribution in [0.5, 0.6) is 0 Å². The first-order valence-electron chi connectivity index (χ1n) is 8.83. The molecule has 132 valence electrons. The maximum absolute atomic E-state index is 13.2. The van der Waals surface area contributed by atoms with Gasteiger partial charge in [-0.25, -0.2) is 4.99 Å². The van der Waals surface area contributed by atoms with E-state index in [1.807, 2.05) is 91.0 Å². The number of thiocarbonyl (C=S) groups is 1. The molecule has 0 saturated carbocycles. The third-order valence-electron chi connectivity index (χ3n) is 4.61. The van der Waals surface area contributed by atoms with E-state index in [0.29, 0.717) is 17.2 Å². The van der Waals surface area contributed by atoms with E-state index in [1.54, 1.807) is 4.90 Å². The predicted octanol–water partition coefficient (Wildman–Crippen LogP) is 4.59. The van der Waals surface area contributed by atoms with E-state index in [0.717, 1.165) is 16.7 Å². The Morgan fingerprint density at radius 1 is 0.778 bits per heavy atom. The van der Waals surface area contributed by atoms with Crippen molar-refractivity contribution in [3.63, 3.8) is 0 Å². The summed E-state index contributed by atoms with van der Waals surface area (Å²) in [6, 6.07) is 29.5. The number of hydrogen-bond donors (Lipinski definition) is 0. The SMILES string of the molecule is O=C1C(Cc2ccccc2)=NC(=S)N1C(c1ccccc1)c1ccccc1. The minimum absolute atomic E-state index is 0.124. The molecule has 3 aromatic carbocycles. The molecule has 0 fully saturated rings. The third kappa shape index (κ3) is 3.57. The molecule has 0 aliphatic carbocycles. The van der Waals surface area contributed by atoms with Crippen LogP contribution in [-0.4, -0.2) is 21.6 Å². The normalized spacial score (nSPS) is 14.0. The molecule has 0 N–H and O–H groups in total. The lowest BCUT2D eigenvalue weighted by Crippen LogP contribution is -2.37. The summed E-state index contributed by atoms with van der Waals surface area (Å²) in [5, 5.41) is 0.323. The van der Waals surface area contributed by atoms with E-state index in [9.17, 15) is 4.79 Å². The average Bonchev–Trinajstić information content (AvgIpc) is 2.98. The number of rotatable bonds is 5. The first-order chi connectivity index (χ1) is 13.2. The summed E-state index contributed by atoms with van der Waals surface area (Å²) in [6.45, 7) is 0. The van der Waals surface area contributed by atoms with Crippen molar-refractivity contribution in [1.29, 1.82) is 0 Å². The van der Waals surface area contributed by atoms with E-state index in [-0.39, 0.29) is 11.9 Å². The summed E-state index contributed by atoms with van der Waals surface area (Å²) >= 11 is 5.50. The van der Waals surface area contributed by atoms with Crippen LogP contribution >= 0.6 is 12.2 Å². The van der Waals surface area contributed by atoms with E-state index in [4.69, 9.17) is 12.2 Å². The zero-order valence-electron chi connectivity index (χ0n) is 14.7. The lowest BCUT2D eigenvalue weighted by Gasteiger charge is -2.28. The van der Waals surface area contributed by atoms with Crippen molar-refractivity contribution in [2.75, 3.05) is 0 Å². The van der Waals surface area contributed by atoms with E-state index in [2.05, 4.69) is 4.99 Å². The lowest BCUT2D eigenvalue weighted by atomic mass is 9.97. The van der Waals surface area contributed by atoms with Crippen LogP contribution in [0.1, 0.15) is 22.7 Å². The minimum Gasteiger partial charge on any atom is -0.270 e. The average molecular weight is 370 g/mol. The number of benzene rings is 3. The minimum atomic E-state index is -0.288. The second kappa shape index (κ2) is 7.64. The van der Waals surface area contributed by atoms with Gasteiger partial charge in [-0.05, 0) is 28.9 Å². The highest BCUT2D eigenvalue weighted by molar-refractivity contribution is 7.80. The second-order valence-corrected chi connectivity index (χ2v) is 6.77. The Morgan fingerprint density at radius 3 is 1.78 bits per heavy atom. The molecule has 0 saturated heterocycles. The van der Waals surface area contributed by atoms with Crippen molar-refractivity contribution in [1.82, 2.24) is 4.90 Å². The van der Waals surface area contributed by atoms with Gasteiger partial charge in [0, 0.05) is 6.42 Å². The van der Waals surface area contributed by atoms with Crippen LogP contribution in [0.2, 0.25) is 0 Å². The predicted molar refractivity (Wildman–Crippen MR) is 112 cm³/mol. The molecule has 4 heteroatoms. The summed E-state index contributed by atoms with van der Waals surface area (Å²) in [5.41, 5.74) is 3.56. The fourth-order valence-electron chi connectivity index (χ4n) is 3.34. The van der Waals surface area contributed by atoms with Gasteiger partial charge in [0.05, 0.1) is 6.04 Å². The molecule has 0 radical (unpaired) electrons. The summed E-state index contributed by atoms with van der Waals surface area (Å²) in [5.74, 6) is -0.124. The largest absolute Gasteiger partial charge is 0.275 e. The first-order valence-corrected chi connectivity index (χ1v) is 9.24. The van der Waals surface area contributed by atoms with Crippen molar-refractivity contribution in [2.24, 2.45) is 4.99 Å². The highest BCUT2D eigenvalue weighted by atomic mass is 32.1. The Hall–Kier alpha value is -3.11. The Balaban J connectivity index is 1.69. The number of carbonyl (C=O) groups is 1. The topological polar surface area (TPSA) is 32.7 Å². The van der Waals surface area contributed by atoms with Gasteiger partial charge in [-0.3, -0.25) is 9.69 Å². The molecule has 3 nitrogen and oxygen atoms in total. The van der Waals surface area contributed by atoms with Gasteiger partial charge in [0.2, 0.25) is 5.11 Å². The van der Waals surface area contributed by atoms with Crippen LogP contribution in [0.15, 0.2) is 96.0 Å². The maximum atomic E-state index is 13.2. The maximum Gasteiger partial charge on any atom is 0.275 e. The number of aliphatic imine (C=N–C) groups is 1. The van der Waals surface area contributed by atoms with Gasteiger partial charge in [0.1, 0.15) is 5.71 Å². The highest BCUT2D eigenvalue weighted by Crippen LogP contribution is 2.32. The molecule has 1 aliphatic rings. The van der Waals surface area contributed by atoms with Gasteiger partial charge >= 0.3 is 0 Å². The third-order valence-corrected chi connectivity index (χ3v) is 4.89. The van der Waals surface area contributed by atoms with Crippen LogP contribution in [0.25, 0.3) is 0 Å². The van der Waals surface area contributed by atoms with Gasteiger partial charge in [-0.1, -0.05) is 91.0 Å². The fourth-order valence-corrected chi connectivity index (χ4v) is 3.63. The molecule has 0 aromatic heterocycles. The van der Waals surface area contributed by atoms with Gasteiger partial charge in [-0.2, -0.15) is 0 Å². The van der Waals surface area contributed by atoms with E-state index < -0.39 is 0 Å². The van der Waals surface area contributed by atoms with Crippen molar-refractivity contribution < 1.29 is 4.79 Å². The lowest BCUT2D eigenvalue weighted by molar-refractivity contribution is -0.121. The zero-order valence-corrected chi connectivity index (χ0v) is 15.5. The standard InChI is InChI=1S/C23H18N2OS/c26-22-20(16-17-10-4-1-5-11-17)24-23(27)25(22)21(18-12-6-2-7-13-18)19-14-8-3-9-15-19/h1-15,21H,16H2. The van der Waals surface area contributed by atoms with Gasteiger partial charge in [-0.15, -0.1) is 0 Å². The van der Waals surface area contributed by atoms with Crippen LogP contribution in [0.3, 0.4) is 0 Å². The van der Waals surface area contributed by atoms with Crippen LogP contribution in [0.4, 0.5) is 0 Å². The molecule has 27 heavy (non-hydrogen) atoms. The molecule has 0 atom stereocenters. The van der Waals surface area contributed by atoms with Crippen molar-refractivity contribution in [3.05, 3.63) is 108 Å². The summed E-state index contributed by atoms with van der Waals surface area (Å²) in [7, 11) is 0. The first kappa shape index (κ1) is 17.3. The summed E-state index contributed by atoms with van der Waals surface area (Å²) < 4.78 is 0. The number of nitrogens with zero attached hydrogens (tertiary/aromatic N) is 2. The number of amides is 1. The van der Waals surface area contributed by atoms with Crippen molar-refractivity contribution >= 4 is 28.9 Å². The van der Waals surface area contributed by atoms with Crippen molar-refractivity contribution in [3.8, 4) is 0 Å². The van der Waals surface area contributed by atoms with Crippen LogP contribution in [-0.2, 0) is 11.2 Å². The second-order valence-electron chi connectivity index (χ2n) is 6.40. The molecule has 0 unspecified atom stereocenters. The fraction of sp³-hybridized carbons (Fsp3) is 0.0870. The molecule has 1 amide bonds. The smallest absolute Gasteiger partial charge is 0.270 e. The van der Waals surface area contributed by atoms with Crippen LogP contribution in [0, 0.1) is 0 Å². The van der Waals surface area contributed by atoms with Gasteiger partial charge in [0.25, 0.3) is 5.91 Å². The molecular formula is C23H18N2OS. The molecule has 3 aromatic rings. The van der Waals surface area contributed by atoms with Gasteiger partial charge < -0.3 is 0 Å². The number of carbonyl (C=O) groups excluding carboxylic acids is 1. The molecule has 4 rings (SSSR count). The Bertz CT molecular complexity index is 945. The zero-order chi connectivity index (χ0) is 18.6. The Labute approximate surface area is 164 Å². The molecule has 1 heterocycles. The molecule has 0 bridgehead atoms. The molecule has 0 spiro atoms. The molecule has 1 aliphatic heterocycles.